The average Bonchev–Trinajstić information content (AvgIpc) is 2.75. The molecule has 3 heterocycles. The molecule has 0 unspecified atom stereocenters. The molecule has 2 aliphatic rings. The number of piperidine rings is 1. The fourth-order valence-electron chi connectivity index (χ4n) is 4.16. The second-order valence-corrected chi connectivity index (χ2v) is 7.91. The van der Waals surface area contributed by atoms with E-state index in [0.29, 0.717) is 5.95 Å². The molecule has 28 heavy (non-hydrogen) atoms. The summed E-state index contributed by atoms with van der Waals surface area (Å²) in [5, 5.41) is 3.29. The fourth-order valence-corrected chi connectivity index (χ4v) is 4.16. The van der Waals surface area contributed by atoms with E-state index in [1.807, 2.05) is 30.6 Å². The van der Waals surface area contributed by atoms with Gasteiger partial charge in [-0.3, -0.25) is 9.80 Å². The Bertz CT molecular complexity index is 703. The number of ether oxygens (including phenoxy) is 1. The highest BCUT2D eigenvalue weighted by Gasteiger charge is 2.23. The quantitative estimate of drug-likeness (QED) is 0.796. The van der Waals surface area contributed by atoms with Crippen LogP contribution in [0.25, 0.3) is 0 Å². The Kier molecular flexibility index (Phi) is 6.87. The number of rotatable bonds is 7. The maximum atomic E-state index is 5.47. The van der Waals surface area contributed by atoms with Crippen molar-refractivity contribution in [3.63, 3.8) is 0 Å². The maximum Gasteiger partial charge on any atom is 0.222 e. The molecule has 1 aromatic heterocycles. The number of hydrogen-bond acceptors (Lipinski definition) is 6. The van der Waals surface area contributed by atoms with Gasteiger partial charge in [-0.15, -0.1) is 0 Å². The van der Waals surface area contributed by atoms with Gasteiger partial charge in [-0.05, 0) is 30.9 Å². The van der Waals surface area contributed by atoms with Crippen molar-refractivity contribution in [3.8, 4) is 0 Å². The van der Waals surface area contributed by atoms with E-state index in [1.165, 1.54) is 43.6 Å². The molecule has 2 aliphatic heterocycles. The topological polar surface area (TPSA) is 53.5 Å². The first kappa shape index (κ1) is 19.3. The van der Waals surface area contributed by atoms with Gasteiger partial charge in [-0.1, -0.05) is 30.3 Å². The van der Waals surface area contributed by atoms with E-state index < -0.39 is 0 Å². The summed E-state index contributed by atoms with van der Waals surface area (Å²) in [6, 6.07) is 10.3. The molecule has 2 saturated heterocycles. The molecule has 6 nitrogen and oxygen atoms in total. The lowest BCUT2D eigenvalue weighted by molar-refractivity contribution is 0.0224. The third-order valence-electron chi connectivity index (χ3n) is 5.63. The van der Waals surface area contributed by atoms with Gasteiger partial charge in [-0.2, -0.15) is 0 Å². The van der Waals surface area contributed by atoms with E-state index >= 15 is 0 Å². The highest BCUT2D eigenvalue weighted by molar-refractivity contribution is 5.27. The number of likely N-dealkylation sites (tertiary alicyclic amines) is 1. The summed E-state index contributed by atoms with van der Waals surface area (Å²) in [6.07, 6.45) is 6.55. The van der Waals surface area contributed by atoms with E-state index in [0.717, 1.165) is 45.3 Å². The highest BCUT2D eigenvalue weighted by Crippen LogP contribution is 2.20. The molecule has 1 aromatic carbocycles. The van der Waals surface area contributed by atoms with E-state index in [1.54, 1.807) is 0 Å². The zero-order chi connectivity index (χ0) is 19.0. The summed E-state index contributed by atoms with van der Waals surface area (Å²) >= 11 is 0. The van der Waals surface area contributed by atoms with Crippen molar-refractivity contribution >= 4 is 5.95 Å². The van der Waals surface area contributed by atoms with Crippen LogP contribution < -0.4 is 5.32 Å². The van der Waals surface area contributed by atoms with Crippen molar-refractivity contribution in [1.82, 2.24) is 19.8 Å². The first-order valence-corrected chi connectivity index (χ1v) is 10.5. The van der Waals surface area contributed by atoms with Gasteiger partial charge in [0, 0.05) is 57.2 Å². The Labute approximate surface area is 167 Å². The summed E-state index contributed by atoms with van der Waals surface area (Å²) in [7, 11) is 0. The molecule has 6 heteroatoms. The van der Waals surface area contributed by atoms with Gasteiger partial charge in [0.2, 0.25) is 5.95 Å². The largest absolute Gasteiger partial charge is 0.379 e. The standard InChI is InChI=1S/C22H31N5O/c1-2-5-19(6-3-1)13-23-22-24-14-21(15-25-22)18-27-8-4-7-20(17-27)16-26-9-11-28-12-10-26/h1-3,5-6,14-15,20H,4,7-13,16-18H2,(H,23,24,25)/t20-/m1/s1. The Hall–Kier alpha value is -2.02. The normalized spacial score (nSPS) is 21.5. The van der Waals surface area contributed by atoms with Crippen LogP contribution in [0.5, 0.6) is 0 Å². The van der Waals surface area contributed by atoms with Crippen molar-refractivity contribution < 1.29 is 4.74 Å². The lowest BCUT2D eigenvalue weighted by Gasteiger charge is -2.36. The molecule has 0 aliphatic carbocycles. The monoisotopic (exact) mass is 381 g/mol. The predicted molar refractivity (Wildman–Crippen MR) is 111 cm³/mol. The molecule has 1 atom stereocenters. The molecule has 2 fully saturated rings. The molecule has 2 aromatic rings. The third-order valence-corrected chi connectivity index (χ3v) is 5.63. The number of morpholine rings is 1. The second-order valence-electron chi connectivity index (χ2n) is 7.91. The Morgan fingerprint density at radius 1 is 0.964 bits per heavy atom. The Balaban J connectivity index is 1.24. The van der Waals surface area contributed by atoms with E-state index in [2.05, 4.69) is 37.2 Å². The molecule has 0 amide bonds. The zero-order valence-electron chi connectivity index (χ0n) is 16.6. The smallest absolute Gasteiger partial charge is 0.222 e. The van der Waals surface area contributed by atoms with Crippen LogP contribution in [0.2, 0.25) is 0 Å². The lowest BCUT2D eigenvalue weighted by Crippen LogP contribution is -2.44. The minimum Gasteiger partial charge on any atom is -0.379 e. The highest BCUT2D eigenvalue weighted by atomic mass is 16.5. The van der Waals surface area contributed by atoms with Crippen LogP contribution in [0.3, 0.4) is 0 Å². The fraction of sp³-hybridized carbons (Fsp3) is 0.545. The van der Waals surface area contributed by atoms with Crippen LogP contribution in [0.4, 0.5) is 5.95 Å². The van der Waals surface area contributed by atoms with Crippen molar-refractivity contribution in [2.45, 2.75) is 25.9 Å². The van der Waals surface area contributed by atoms with Gasteiger partial charge in [0.25, 0.3) is 0 Å². The Morgan fingerprint density at radius 3 is 2.54 bits per heavy atom. The molecule has 1 N–H and O–H groups in total. The number of aromatic nitrogens is 2. The summed E-state index contributed by atoms with van der Waals surface area (Å²) in [5.41, 5.74) is 2.42. The summed E-state index contributed by atoms with van der Waals surface area (Å²) in [5.74, 6) is 1.45. The minimum absolute atomic E-state index is 0.691. The van der Waals surface area contributed by atoms with Crippen LogP contribution in [0.1, 0.15) is 24.0 Å². The third kappa shape index (κ3) is 5.74. The SMILES string of the molecule is c1ccc(CNc2ncc(CN3CCC[C@H](CN4CCOCC4)C3)cn2)cc1. The molecule has 0 spiro atoms. The molecule has 4 rings (SSSR count). The van der Waals surface area contributed by atoms with Gasteiger partial charge < -0.3 is 10.1 Å². The molecular formula is C22H31N5O. The number of anilines is 1. The van der Waals surface area contributed by atoms with E-state index in [-0.39, 0.29) is 0 Å². The van der Waals surface area contributed by atoms with E-state index in [4.69, 9.17) is 4.74 Å². The summed E-state index contributed by atoms with van der Waals surface area (Å²) in [6.45, 7) is 9.19. The second kappa shape index (κ2) is 9.96. The van der Waals surface area contributed by atoms with Gasteiger partial charge in [0.05, 0.1) is 13.2 Å². The van der Waals surface area contributed by atoms with Crippen LogP contribution in [0.15, 0.2) is 42.7 Å². The van der Waals surface area contributed by atoms with Crippen LogP contribution >= 0.6 is 0 Å². The number of nitrogens with zero attached hydrogens (tertiary/aromatic N) is 4. The zero-order valence-corrected chi connectivity index (χ0v) is 16.6. The average molecular weight is 382 g/mol. The first-order valence-electron chi connectivity index (χ1n) is 10.5. The molecular weight excluding hydrogens is 350 g/mol. The maximum absolute atomic E-state index is 5.47. The van der Waals surface area contributed by atoms with Gasteiger partial charge in [0.15, 0.2) is 0 Å². The van der Waals surface area contributed by atoms with Crippen molar-refractivity contribution in [2.75, 3.05) is 51.3 Å². The summed E-state index contributed by atoms with van der Waals surface area (Å²) < 4.78 is 5.47. The van der Waals surface area contributed by atoms with Gasteiger partial charge in [0.1, 0.15) is 0 Å². The first-order chi connectivity index (χ1) is 13.8. The van der Waals surface area contributed by atoms with Crippen molar-refractivity contribution in [2.24, 2.45) is 5.92 Å². The van der Waals surface area contributed by atoms with E-state index in [9.17, 15) is 0 Å². The number of hydrogen-bond donors (Lipinski definition) is 1. The number of nitrogens with one attached hydrogen (secondary N) is 1. The predicted octanol–water partition coefficient (Wildman–Crippen LogP) is 2.63. The summed E-state index contributed by atoms with van der Waals surface area (Å²) in [4.78, 5) is 14.1. The van der Waals surface area contributed by atoms with Crippen molar-refractivity contribution in [1.29, 1.82) is 0 Å². The Morgan fingerprint density at radius 2 is 1.75 bits per heavy atom. The minimum atomic E-state index is 0.691. The van der Waals surface area contributed by atoms with Crippen LogP contribution in [0, 0.1) is 5.92 Å². The lowest BCUT2D eigenvalue weighted by atomic mass is 9.97. The van der Waals surface area contributed by atoms with Crippen LogP contribution in [-0.2, 0) is 17.8 Å². The molecule has 0 radical (unpaired) electrons. The van der Waals surface area contributed by atoms with Gasteiger partial charge >= 0.3 is 0 Å². The molecule has 0 saturated carbocycles. The van der Waals surface area contributed by atoms with Crippen molar-refractivity contribution in [3.05, 3.63) is 53.9 Å². The molecule has 0 bridgehead atoms. The number of benzene rings is 1. The molecule has 150 valence electrons. The van der Waals surface area contributed by atoms with Crippen LogP contribution in [-0.4, -0.2) is 65.7 Å². The van der Waals surface area contributed by atoms with Gasteiger partial charge in [-0.25, -0.2) is 9.97 Å².